The lowest BCUT2D eigenvalue weighted by Gasteiger charge is -2.35. The summed E-state index contributed by atoms with van der Waals surface area (Å²) in [5, 5.41) is 3.49. The maximum Gasteiger partial charge on any atom is 0.0722 e. The highest BCUT2D eigenvalue weighted by Gasteiger charge is 2.20. The van der Waals surface area contributed by atoms with Crippen LogP contribution < -0.4 is 10.2 Å². The predicted molar refractivity (Wildman–Crippen MR) is 76.2 cm³/mol. The van der Waals surface area contributed by atoms with Crippen LogP contribution in [0.3, 0.4) is 0 Å². The van der Waals surface area contributed by atoms with Crippen molar-refractivity contribution in [3.8, 4) is 0 Å². The zero-order valence-corrected chi connectivity index (χ0v) is 11.6. The minimum Gasteiger partial charge on any atom is -0.375 e. The number of benzene rings is 1. The molecule has 100 valence electrons. The highest BCUT2D eigenvalue weighted by atomic mass is 16.5. The summed E-state index contributed by atoms with van der Waals surface area (Å²) in [6.07, 6.45) is 0.321. The molecular weight excluding hydrogens is 224 g/mol. The van der Waals surface area contributed by atoms with Gasteiger partial charge in [-0.3, -0.25) is 0 Å². The first-order valence-corrected chi connectivity index (χ1v) is 6.91. The third-order valence-electron chi connectivity index (χ3n) is 3.50. The third-order valence-corrected chi connectivity index (χ3v) is 3.50. The number of anilines is 1. The van der Waals surface area contributed by atoms with Gasteiger partial charge in [0.1, 0.15) is 0 Å². The molecule has 0 spiro atoms. The molecule has 0 radical (unpaired) electrons. The number of para-hydroxylation sites is 1. The number of nitrogens with one attached hydrogen (secondary N) is 1. The molecule has 2 atom stereocenters. The van der Waals surface area contributed by atoms with E-state index in [1.807, 2.05) is 0 Å². The Morgan fingerprint density at radius 1 is 1.44 bits per heavy atom. The summed E-state index contributed by atoms with van der Waals surface area (Å²) < 4.78 is 5.62. The normalized spacial score (nSPS) is 21.9. The second-order valence-corrected chi connectivity index (χ2v) is 4.97. The van der Waals surface area contributed by atoms with Crippen molar-refractivity contribution < 1.29 is 4.74 Å². The van der Waals surface area contributed by atoms with Gasteiger partial charge < -0.3 is 15.0 Å². The monoisotopic (exact) mass is 248 g/mol. The fourth-order valence-electron chi connectivity index (χ4n) is 2.60. The molecular formula is C15H24N2O. The van der Waals surface area contributed by atoms with Crippen LogP contribution in [0.2, 0.25) is 0 Å². The molecule has 0 aromatic heterocycles. The third kappa shape index (κ3) is 3.03. The van der Waals surface area contributed by atoms with Gasteiger partial charge in [-0.05, 0) is 32.0 Å². The molecule has 0 saturated carbocycles. The van der Waals surface area contributed by atoms with E-state index in [4.69, 9.17) is 4.74 Å². The van der Waals surface area contributed by atoms with Crippen LogP contribution in [0.1, 0.15) is 32.4 Å². The average Bonchev–Trinajstić information content (AvgIpc) is 2.39. The van der Waals surface area contributed by atoms with Gasteiger partial charge in [0.25, 0.3) is 0 Å². The van der Waals surface area contributed by atoms with Crippen LogP contribution in [0.5, 0.6) is 0 Å². The Labute approximate surface area is 110 Å². The van der Waals surface area contributed by atoms with Gasteiger partial charge in [-0.15, -0.1) is 0 Å². The first kappa shape index (κ1) is 13.4. The van der Waals surface area contributed by atoms with Crippen molar-refractivity contribution >= 4 is 5.69 Å². The van der Waals surface area contributed by atoms with Crippen LogP contribution in [0, 0.1) is 0 Å². The van der Waals surface area contributed by atoms with E-state index in [1.54, 1.807) is 0 Å². The molecule has 1 N–H and O–H groups in total. The van der Waals surface area contributed by atoms with Gasteiger partial charge in [-0.1, -0.05) is 25.1 Å². The molecule has 0 aliphatic carbocycles. The Balaban J connectivity index is 2.21. The van der Waals surface area contributed by atoms with E-state index in [0.717, 1.165) is 26.2 Å². The smallest absolute Gasteiger partial charge is 0.0722 e. The summed E-state index contributed by atoms with van der Waals surface area (Å²) in [7, 11) is 0. The van der Waals surface area contributed by atoms with Gasteiger partial charge in [0.2, 0.25) is 0 Å². The molecule has 0 amide bonds. The maximum atomic E-state index is 5.62. The Morgan fingerprint density at radius 3 is 2.94 bits per heavy atom. The van der Waals surface area contributed by atoms with Crippen molar-refractivity contribution in [3.63, 3.8) is 0 Å². The van der Waals surface area contributed by atoms with E-state index >= 15 is 0 Å². The number of nitrogens with zero attached hydrogens (tertiary/aromatic N) is 1. The summed E-state index contributed by atoms with van der Waals surface area (Å²) >= 11 is 0. The Bertz CT molecular complexity index is 381. The van der Waals surface area contributed by atoms with Crippen LogP contribution in [0.4, 0.5) is 5.69 Å². The molecule has 1 saturated heterocycles. The fourth-order valence-corrected chi connectivity index (χ4v) is 2.60. The van der Waals surface area contributed by atoms with E-state index in [-0.39, 0.29) is 0 Å². The van der Waals surface area contributed by atoms with Crippen molar-refractivity contribution in [1.29, 1.82) is 0 Å². The summed E-state index contributed by atoms with van der Waals surface area (Å²) in [6, 6.07) is 9.09. The predicted octanol–water partition coefficient (Wildman–Crippen LogP) is 2.58. The molecule has 3 nitrogen and oxygen atoms in total. The number of ether oxygens (including phenoxy) is 1. The van der Waals surface area contributed by atoms with E-state index < -0.39 is 0 Å². The quantitative estimate of drug-likeness (QED) is 0.886. The lowest BCUT2D eigenvalue weighted by molar-refractivity contribution is 0.0531. The summed E-state index contributed by atoms with van der Waals surface area (Å²) in [5.74, 6) is 0. The van der Waals surface area contributed by atoms with Gasteiger partial charge in [0.05, 0.1) is 12.7 Å². The lowest BCUT2D eigenvalue weighted by atomic mass is 10.0. The number of rotatable bonds is 4. The molecule has 18 heavy (non-hydrogen) atoms. The Kier molecular flexibility index (Phi) is 4.61. The molecule has 3 heteroatoms. The highest BCUT2D eigenvalue weighted by molar-refractivity contribution is 5.55. The molecule has 1 fully saturated rings. The summed E-state index contributed by atoms with van der Waals surface area (Å²) in [5.41, 5.74) is 2.73. The van der Waals surface area contributed by atoms with Gasteiger partial charge >= 0.3 is 0 Å². The second kappa shape index (κ2) is 6.21. The van der Waals surface area contributed by atoms with E-state index in [1.165, 1.54) is 11.3 Å². The van der Waals surface area contributed by atoms with E-state index in [0.29, 0.717) is 12.1 Å². The highest BCUT2D eigenvalue weighted by Crippen LogP contribution is 2.27. The molecule has 1 heterocycles. The summed E-state index contributed by atoms with van der Waals surface area (Å²) in [6.45, 7) is 10.3. The van der Waals surface area contributed by atoms with Crippen LogP contribution in [0.25, 0.3) is 0 Å². The van der Waals surface area contributed by atoms with Crippen LogP contribution >= 0.6 is 0 Å². The minimum absolute atomic E-state index is 0.321. The van der Waals surface area contributed by atoms with Crippen molar-refractivity contribution in [3.05, 3.63) is 29.8 Å². The van der Waals surface area contributed by atoms with Gasteiger partial charge in [-0.25, -0.2) is 0 Å². The fraction of sp³-hybridized carbons (Fsp3) is 0.600. The molecule has 2 unspecified atom stereocenters. The van der Waals surface area contributed by atoms with Gasteiger partial charge in [-0.2, -0.15) is 0 Å². The molecule has 1 aliphatic rings. The topological polar surface area (TPSA) is 24.5 Å². The largest absolute Gasteiger partial charge is 0.375 e. The number of hydrogen-bond donors (Lipinski definition) is 1. The summed E-state index contributed by atoms with van der Waals surface area (Å²) in [4.78, 5) is 2.44. The first-order chi connectivity index (χ1) is 8.72. The van der Waals surface area contributed by atoms with Crippen molar-refractivity contribution in [2.75, 3.05) is 31.1 Å². The van der Waals surface area contributed by atoms with Crippen LogP contribution in [-0.2, 0) is 4.74 Å². The molecule has 1 aromatic carbocycles. The molecule has 0 bridgehead atoms. The second-order valence-electron chi connectivity index (χ2n) is 4.97. The zero-order valence-electron chi connectivity index (χ0n) is 11.6. The maximum absolute atomic E-state index is 5.62. The average molecular weight is 248 g/mol. The zero-order chi connectivity index (χ0) is 13.0. The van der Waals surface area contributed by atoms with Crippen LogP contribution in [0.15, 0.2) is 24.3 Å². The Hall–Kier alpha value is -1.06. The van der Waals surface area contributed by atoms with Gasteiger partial charge in [0, 0.05) is 24.8 Å². The number of morpholine rings is 1. The lowest BCUT2D eigenvalue weighted by Crippen LogP contribution is -2.41. The molecule has 2 rings (SSSR count). The minimum atomic E-state index is 0.321. The van der Waals surface area contributed by atoms with Crippen molar-refractivity contribution in [2.24, 2.45) is 0 Å². The Morgan fingerprint density at radius 2 is 2.22 bits per heavy atom. The standard InChI is InChI=1S/C15H24N2O/c1-4-16-13(3)14-7-5-6-8-15(14)17-9-10-18-12(2)11-17/h5-8,12-13,16H,4,9-11H2,1-3H3. The van der Waals surface area contributed by atoms with E-state index in [9.17, 15) is 0 Å². The SMILES string of the molecule is CCNC(C)c1ccccc1N1CCOC(C)C1. The molecule has 1 aromatic rings. The van der Waals surface area contributed by atoms with E-state index in [2.05, 4.69) is 55.3 Å². The van der Waals surface area contributed by atoms with Crippen LogP contribution in [-0.4, -0.2) is 32.3 Å². The van der Waals surface area contributed by atoms with Gasteiger partial charge in [0.15, 0.2) is 0 Å². The molecule has 1 aliphatic heterocycles. The van der Waals surface area contributed by atoms with Crippen molar-refractivity contribution in [1.82, 2.24) is 5.32 Å². The first-order valence-electron chi connectivity index (χ1n) is 6.91. The number of hydrogen-bond acceptors (Lipinski definition) is 3. The van der Waals surface area contributed by atoms with Crippen molar-refractivity contribution in [2.45, 2.75) is 32.9 Å².